The van der Waals surface area contributed by atoms with Crippen LogP contribution in [0.15, 0.2) is 18.2 Å². The van der Waals surface area contributed by atoms with Crippen LogP contribution in [0, 0.1) is 16.7 Å². The van der Waals surface area contributed by atoms with Crippen LogP contribution in [0.4, 0.5) is 0 Å². The van der Waals surface area contributed by atoms with Crippen LogP contribution in [0.1, 0.15) is 79.4 Å². The molecule has 0 bridgehead atoms. The van der Waals surface area contributed by atoms with Crippen molar-refractivity contribution in [3.8, 4) is 5.75 Å². The summed E-state index contributed by atoms with van der Waals surface area (Å²) >= 11 is 0. The molecule has 0 fully saturated rings. The third-order valence-electron chi connectivity index (χ3n) is 5.03. The summed E-state index contributed by atoms with van der Waals surface area (Å²) < 4.78 is 11.0. The topological polar surface area (TPSA) is 38.7 Å². The van der Waals surface area contributed by atoms with Crippen molar-refractivity contribution in [3.63, 3.8) is 0 Å². The molecule has 1 aromatic rings. The molecule has 1 aliphatic rings. The maximum atomic E-state index is 10.0. The molecule has 0 aliphatic heterocycles. The predicted molar refractivity (Wildman–Crippen MR) is 103 cm³/mol. The van der Waals surface area contributed by atoms with Crippen molar-refractivity contribution in [2.24, 2.45) is 16.7 Å². The smallest absolute Gasteiger partial charge is 0.313 e. The summed E-state index contributed by atoms with van der Waals surface area (Å²) in [5, 5.41) is 10.0. The molecule has 1 N–H and O–H groups in total. The highest BCUT2D eigenvalue weighted by Crippen LogP contribution is 2.54. The first-order valence-electron chi connectivity index (χ1n) is 9.34. The van der Waals surface area contributed by atoms with E-state index in [0.717, 1.165) is 6.42 Å². The Morgan fingerprint density at radius 1 is 0.960 bits per heavy atom. The summed E-state index contributed by atoms with van der Waals surface area (Å²) in [6.07, 6.45) is 1.05. The van der Waals surface area contributed by atoms with E-state index < -0.39 is 12.1 Å². The molecule has 0 spiro atoms. The fourth-order valence-electron chi connectivity index (χ4n) is 4.03. The first kappa shape index (κ1) is 20.3. The zero-order chi connectivity index (χ0) is 19.2. The molecule has 0 heterocycles. The third-order valence-corrected chi connectivity index (χ3v) is 5.03. The van der Waals surface area contributed by atoms with Gasteiger partial charge < -0.3 is 14.6 Å². The van der Waals surface area contributed by atoms with E-state index in [1.807, 2.05) is 26.8 Å². The van der Waals surface area contributed by atoms with Crippen molar-refractivity contribution in [1.29, 1.82) is 0 Å². The van der Waals surface area contributed by atoms with Gasteiger partial charge in [-0.25, -0.2) is 0 Å². The average Bonchev–Trinajstić information content (AvgIpc) is 2.74. The van der Waals surface area contributed by atoms with Gasteiger partial charge >= 0.3 is 6.48 Å². The molecule has 1 aliphatic carbocycles. The standard InChI is InChI=1S/C22H36O3/c1-20(2,3)17-13-14-12-15(24-19(23)25-22(7,8)9)10-11-16(14)18(17)21(4,5)6/h10-12,17-19,23H,13H2,1-9H3. The molecule has 0 saturated heterocycles. The Bertz CT molecular complexity index is 599. The quantitative estimate of drug-likeness (QED) is 0.733. The van der Waals surface area contributed by atoms with E-state index in [2.05, 4.69) is 53.7 Å². The second-order valence-corrected chi connectivity index (χ2v) is 10.5. The summed E-state index contributed by atoms with van der Waals surface area (Å²) in [4.78, 5) is 0. The first-order chi connectivity index (χ1) is 11.2. The molecule has 3 heteroatoms. The monoisotopic (exact) mass is 348 g/mol. The van der Waals surface area contributed by atoms with Gasteiger partial charge in [-0.2, -0.15) is 0 Å². The van der Waals surface area contributed by atoms with Gasteiger partial charge in [-0.05, 0) is 73.1 Å². The van der Waals surface area contributed by atoms with Crippen LogP contribution < -0.4 is 4.74 Å². The number of hydrogen-bond donors (Lipinski definition) is 1. The SMILES string of the molecule is CC(C)(C)OC(O)Oc1ccc2c(c1)CC(C(C)(C)C)C2C(C)(C)C. The molecule has 25 heavy (non-hydrogen) atoms. The molecule has 2 rings (SSSR count). The minimum atomic E-state index is -1.25. The lowest BCUT2D eigenvalue weighted by molar-refractivity contribution is -0.259. The van der Waals surface area contributed by atoms with Gasteiger partial charge in [-0.15, -0.1) is 0 Å². The normalized spacial score (nSPS) is 22.6. The zero-order valence-corrected chi connectivity index (χ0v) is 17.4. The zero-order valence-electron chi connectivity index (χ0n) is 17.4. The van der Waals surface area contributed by atoms with Gasteiger partial charge in [0.1, 0.15) is 5.75 Å². The molecule has 0 aromatic heterocycles. The molecule has 3 atom stereocenters. The fourth-order valence-corrected chi connectivity index (χ4v) is 4.03. The highest BCUT2D eigenvalue weighted by atomic mass is 16.8. The minimum absolute atomic E-state index is 0.209. The van der Waals surface area contributed by atoms with E-state index in [9.17, 15) is 5.11 Å². The van der Waals surface area contributed by atoms with E-state index in [-0.39, 0.29) is 10.8 Å². The van der Waals surface area contributed by atoms with Gasteiger partial charge in [0.25, 0.3) is 0 Å². The molecule has 0 amide bonds. The predicted octanol–water partition coefficient (Wildman–Crippen LogP) is 5.50. The Hall–Kier alpha value is -1.06. The van der Waals surface area contributed by atoms with Crippen molar-refractivity contribution >= 4 is 0 Å². The van der Waals surface area contributed by atoms with Gasteiger partial charge in [0.2, 0.25) is 0 Å². The van der Waals surface area contributed by atoms with Crippen molar-refractivity contribution in [3.05, 3.63) is 29.3 Å². The van der Waals surface area contributed by atoms with Gasteiger partial charge in [0, 0.05) is 0 Å². The van der Waals surface area contributed by atoms with Gasteiger partial charge in [-0.3, -0.25) is 0 Å². The van der Waals surface area contributed by atoms with E-state index in [1.165, 1.54) is 11.1 Å². The van der Waals surface area contributed by atoms with Crippen LogP contribution >= 0.6 is 0 Å². The molecular formula is C22H36O3. The summed E-state index contributed by atoms with van der Waals surface area (Å²) in [6.45, 7) is 18.4. The van der Waals surface area contributed by atoms with Gasteiger partial charge in [0.05, 0.1) is 5.60 Å². The van der Waals surface area contributed by atoms with E-state index in [0.29, 0.717) is 17.6 Å². The number of hydrogen-bond acceptors (Lipinski definition) is 3. The van der Waals surface area contributed by atoms with Crippen LogP contribution in [0.3, 0.4) is 0 Å². The maximum Gasteiger partial charge on any atom is 0.313 e. The number of benzene rings is 1. The number of rotatable bonds is 3. The van der Waals surface area contributed by atoms with Crippen molar-refractivity contribution < 1.29 is 14.6 Å². The lowest BCUT2D eigenvalue weighted by Gasteiger charge is -2.40. The minimum Gasteiger partial charge on any atom is -0.441 e. The Balaban J connectivity index is 2.27. The van der Waals surface area contributed by atoms with Crippen molar-refractivity contribution in [2.45, 2.75) is 86.7 Å². The van der Waals surface area contributed by atoms with Crippen molar-refractivity contribution in [2.75, 3.05) is 0 Å². The Morgan fingerprint density at radius 3 is 2.04 bits per heavy atom. The molecule has 1 aromatic carbocycles. The second-order valence-electron chi connectivity index (χ2n) is 10.5. The molecular weight excluding hydrogens is 312 g/mol. The number of ether oxygens (including phenoxy) is 2. The van der Waals surface area contributed by atoms with Crippen molar-refractivity contribution in [1.82, 2.24) is 0 Å². The second kappa shape index (κ2) is 6.59. The molecule has 142 valence electrons. The van der Waals surface area contributed by atoms with Crippen LogP contribution in [0.25, 0.3) is 0 Å². The largest absolute Gasteiger partial charge is 0.441 e. The first-order valence-corrected chi connectivity index (χ1v) is 9.34. The Kier molecular flexibility index (Phi) is 5.34. The van der Waals surface area contributed by atoms with Gasteiger partial charge in [-0.1, -0.05) is 47.6 Å². The number of aliphatic hydroxyl groups is 1. The highest BCUT2D eigenvalue weighted by molar-refractivity contribution is 5.43. The fraction of sp³-hybridized carbons (Fsp3) is 0.727. The lowest BCUT2D eigenvalue weighted by atomic mass is 9.65. The summed E-state index contributed by atoms with van der Waals surface area (Å²) in [5.41, 5.74) is 2.75. The van der Waals surface area contributed by atoms with Gasteiger partial charge in [0.15, 0.2) is 0 Å². The number of fused-ring (bicyclic) bond motifs is 1. The van der Waals surface area contributed by atoms with E-state index in [1.54, 1.807) is 0 Å². The van der Waals surface area contributed by atoms with E-state index in [4.69, 9.17) is 9.47 Å². The average molecular weight is 349 g/mol. The van der Waals surface area contributed by atoms with Crippen LogP contribution in [0.5, 0.6) is 5.75 Å². The number of aliphatic hydroxyl groups excluding tert-OH is 1. The molecule has 0 saturated carbocycles. The molecule has 0 radical (unpaired) electrons. The third kappa shape index (κ3) is 4.98. The highest BCUT2D eigenvalue weighted by Gasteiger charge is 2.44. The van der Waals surface area contributed by atoms with Crippen LogP contribution in [-0.4, -0.2) is 17.2 Å². The maximum absolute atomic E-state index is 10.0. The Labute approximate surface area is 153 Å². The van der Waals surface area contributed by atoms with Crippen LogP contribution in [-0.2, 0) is 11.2 Å². The molecule has 3 unspecified atom stereocenters. The lowest BCUT2D eigenvalue weighted by Crippen LogP contribution is -2.31. The van der Waals surface area contributed by atoms with E-state index >= 15 is 0 Å². The summed E-state index contributed by atoms with van der Waals surface area (Å²) in [7, 11) is 0. The Morgan fingerprint density at radius 2 is 1.56 bits per heavy atom. The molecule has 3 nitrogen and oxygen atoms in total. The summed E-state index contributed by atoms with van der Waals surface area (Å²) in [6, 6.07) is 6.21. The van der Waals surface area contributed by atoms with Crippen LogP contribution in [0.2, 0.25) is 0 Å². The summed E-state index contributed by atoms with van der Waals surface area (Å²) in [5.74, 6) is 1.78.